The number of hydroxylamine groups is 1. The number of sulfonamides is 1. The molecule has 0 atom stereocenters. The molecule has 1 heterocycles. The zero-order chi connectivity index (χ0) is 22.0. The fourth-order valence-corrected chi connectivity index (χ4v) is 4.77. The van der Waals surface area contributed by atoms with Gasteiger partial charge < -0.3 is 4.57 Å². The van der Waals surface area contributed by atoms with Crippen molar-refractivity contribution in [3.05, 3.63) is 78.4 Å². The third-order valence-electron chi connectivity index (χ3n) is 5.05. The Morgan fingerprint density at radius 3 is 2.55 bits per heavy atom. The molecule has 158 valence electrons. The van der Waals surface area contributed by atoms with Crippen molar-refractivity contribution in [2.75, 3.05) is 4.72 Å². The van der Waals surface area contributed by atoms with E-state index in [4.69, 9.17) is 5.21 Å². The zero-order valence-corrected chi connectivity index (χ0v) is 17.6. The lowest BCUT2D eigenvalue weighted by Gasteiger charge is -2.09. The maximum Gasteiger partial charge on any atom is 0.267 e. The van der Waals surface area contributed by atoms with E-state index in [2.05, 4.69) is 22.3 Å². The first-order valence-corrected chi connectivity index (χ1v) is 11.2. The number of carbonyl (C=O) groups is 1. The number of nitrogens with one attached hydrogen (secondary N) is 2. The van der Waals surface area contributed by atoms with Crippen LogP contribution >= 0.6 is 0 Å². The summed E-state index contributed by atoms with van der Waals surface area (Å²) in [4.78, 5) is 11.2. The Labute approximate surface area is 179 Å². The largest absolute Gasteiger partial charge is 0.341 e. The van der Waals surface area contributed by atoms with Crippen LogP contribution in [0.15, 0.2) is 77.7 Å². The predicted octanol–water partition coefficient (Wildman–Crippen LogP) is 4.13. The number of hydrogen-bond acceptors (Lipinski definition) is 4. The van der Waals surface area contributed by atoms with Crippen LogP contribution in [0.2, 0.25) is 0 Å². The molecule has 1 amide bonds. The lowest BCUT2D eigenvalue weighted by Crippen LogP contribution is -2.15. The molecule has 0 aliphatic carbocycles. The van der Waals surface area contributed by atoms with E-state index >= 15 is 0 Å². The topological polar surface area (TPSA) is 100 Å². The molecule has 4 aromatic rings. The standard InChI is InChI=1S/C23H21N3O4S/c1-2-26-21-9-4-3-8-19(21)20-15-17(11-12-22(20)26)25-31(29,30)18-7-5-6-16(14-18)10-13-23(27)24-28/h3-15,25,28H,2H2,1H3,(H,24,27)/b13-10+. The van der Waals surface area contributed by atoms with Crippen LogP contribution < -0.4 is 10.2 Å². The van der Waals surface area contributed by atoms with Gasteiger partial charge in [-0.15, -0.1) is 0 Å². The van der Waals surface area contributed by atoms with Gasteiger partial charge in [-0.1, -0.05) is 30.3 Å². The van der Waals surface area contributed by atoms with Gasteiger partial charge in [-0.3, -0.25) is 14.7 Å². The Morgan fingerprint density at radius 2 is 1.77 bits per heavy atom. The van der Waals surface area contributed by atoms with Crippen molar-refractivity contribution < 1.29 is 18.4 Å². The second kappa shape index (κ2) is 8.25. The number of fused-ring (bicyclic) bond motifs is 3. The van der Waals surface area contributed by atoms with Crippen LogP contribution in [0.4, 0.5) is 5.69 Å². The number of hydrogen-bond donors (Lipinski definition) is 3. The summed E-state index contributed by atoms with van der Waals surface area (Å²) in [6, 6.07) is 19.7. The van der Waals surface area contributed by atoms with E-state index in [0.717, 1.165) is 34.4 Å². The monoisotopic (exact) mass is 435 g/mol. The van der Waals surface area contributed by atoms with Crippen LogP contribution in [0.1, 0.15) is 12.5 Å². The second-order valence-corrected chi connectivity index (χ2v) is 8.66. The van der Waals surface area contributed by atoms with Crippen molar-refractivity contribution in [1.29, 1.82) is 0 Å². The van der Waals surface area contributed by atoms with Gasteiger partial charge in [0.1, 0.15) is 0 Å². The Morgan fingerprint density at radius 1 is 1.00 bits per heavy atom. The third kappa shape index (κ3) is 4.03. The van der Waals surface area contributed by atoms with Gasteiger partial charge in [-0.05, 0) is 55.0 Å². The molecule has 31 heavy (non-hydrogen) atoms. The van der Waals surface area contributed by atoms with Crippen molar-refractivity contribution in [3.8, 4) is 0 Å². The van der Waals surface area contributed by atoms with E-state index in [0.29, 0.717) is 11.3 Å². The SMILES string of the molecule is CCn1c2ccccc2c2cc(NS(=O)(=O)c3cccc(/C=C/C(=O)NO)c3)ccc21. The highest BCUT2D eigenvalue weighted by Crippen LogP contribution is 2.31. The van der Waals surface area contributed by atoms with Crippen molar-refractivity contribution in [3.63, 3.8) is 0 Å². The van der Waals surface area contributed by atoms with Crippen LogP contribution in [0.5, 0.6) is 0 Å². The molecule has 0 aliphatic heterocycles. The number of nitrogens with zero attached hydrogens (tertiary/aromatic N) is 1. The number of aromatic nitrogens is 1. The minimum atomic E-state index is -3.84. The van der Waals surface area contributed by atoms with Gasteiger partial charge in [0.15, 0.2) is 0 Å². The summed E-state index contributed by atoms with van der Waals surface area (Å²) in [5.74, 6) is -0.703. The van der Waals surface area contributed by atoms with Crippen molar-refractivity contribution >= 4 is 49.5 Å². The number of carbonyl (C=O) groups excluding carboxylic acids is 1. The molecule has 0 bridgehead atoms. The molecule has 0 unspecified atom stereocenters. The number of anilines is 1. The molecule has 3 N–H and O–H groups in total. The minimum absolute atomic E-state index is 0.0649. The van der Waals surface area contributed by atoms with E-state index < -0.39 is 15.9 Å². The van der Waals surface area contributed by atoms with E-state index in [9.17, 15) is 13.2 Å². The van der Waals surface area contributed by atoms with Gasteiger partial charge in [0.2, 0.25) is 0 Å². The minimum Gasteiger partial charge on any atom is -0.341 e. The summed E-state index contributed by atoms with van der Waals surface area (Å²) in [5, 5.41) is 10.6. The highest BCUT2D eigenvalue weighted by molar-refractivity contribution is 7.92. The summed E-state index contributed by atoms with van der Waals surface area (Å²) in [6.45, 7) is 2.89. The van der Waals surface area contributed by atoms with Gasteiger partial charge >= 0.3 is 0 Å². The molecule has 8 heteroatoms. The summed E-state index contributed by atoms with van der Waals surface area (Å²) in [7, 11) is -3.84. The van der Waals surface area contributed by atoms with Gasteiger partial charge in [0.25, 0.3) is 15.9 Å². The molecule has 0 saturated carbocycles. The molecule has 3 aromatic carbocycles. The van der Waals surface area contributed by atoms with E-state index in [1.807, 2.05) is 30.3 Å². The highest BCUT2D eigenvalue weighted by Gasteiger charge is 2.16. The molecular weight excluding hydrogens is 414 g/mol. The van der Waals surface area contributed by atoms with Gasteiger partial charge in [0, 0.05) is 40.1 Å². The quantitative estimate of drug-likeness (QED) is 0.241. The number of aryl methyl sites for hydroxylation is 1. The molecule has 4 rings (SSSR count). The normalized spacial score (nSPS) is 11.9. The number of benzene rings is 3. The maximum atomic E-state index is 12.9. The first kappa shape index (κ1) is 20.6. The third-order valence-corrected chi connectivity index (χ3v) is 6.43. The van der Waals surface area contributed by atoms with Gasteiger partial charge in [-0.25, -0.2) is 13.9 Å². The fourth-order valence-electron chi connectivity index (χ4n) is 3.67. The summed E-state index contributed by atoms with van der Waals surface area (Å²) in [6.07, 6.45) is 2.52. The Bertz CT molecular complexity index is 1420. The molecule has 0 spiro atoms. The lowest BCUT2D eigenvalue weighted by molar-refractivity contribution is -0.124. The first-order valence-electron chi connectivity index (χ1n) is 9.69. The van der Waals surface area contributed by atoms with Crippen LogP contribution in [-0.2, 0) is 21.4 Å². The number of rotatable bonds is 6. The molecule has 0 aliphatic rings. The molecule has 0 radical (unpaired) electrons. The summed E-state index contributed by atoms with van der Waals surface area (Å²) < 4.78 is 30.7. The van der Waals surface area contributed by atoms with E-state index in [1.54, 1.807) is 18.2 Å². The van der Waals surface area contributed by atoms with Crippen LogP contribution in [0.25, 0.3) is 27.9 Å². The maximum absolute atomic E-state index is 12.9. The summed E-state index contributed by atoms with van der Waals surface area (Å²) in [5.41, 5.74) is 4.61. The lowest BCUT2D eigenvalue weighted by atomic mass is 10.1. The number of amides is 1. The van der Waals surface area contributed by atoms with Gasteiger partial charge in [0.05, 0.1) is 4.90 Å². The molecule has 0 fully saturated rings. The Kier molecular flexibility index (Phi) is 5.50. The van der Waals surface area contributed by atoms with Crippen LogP contribution in [0, 0.1) is 0 Å². The molecule has 7 nitrogen and oxygen atoms in total. The highest BCUT2D eigenvalue weighted by atomic mass is 32.2. The van der Waals surface area contributed by atoms with E-state index in [-0.39, 0.29) is 4.90 Å². The Hall–Kier alpha value is -3.62. The smallest absolute Gasteiger partial charge is 0.267 e. The van der Waals surface area contributed by atoms with Crippen molar-refractivity contribution in [1.82, 2.24) is 10.0 Å². The fraction of sp³-hybridized carbons (Fsp3) is 0.0870. The van der Waals surface area contributed by atoms with Crippen molar-refractivity contribution in [2.45, 2.75) is 18.4 Å². The number of para-hydroxylation sites is 1. The van der Waals surface area contributed by atoms with Crippen LogP contribution in [-0.4, -0.2) is 24.1 Å². The van der Waals surface area contributed by atoms with Crippen molar-refractivity contribution in [2.24, 2.45) is 0 Å². The van der Waals surface area contributed by atoms with E-state index in [1.165, 1.54) is 23.7 Å². The average molecular weight is 436 g/mol. The molecular formula is C23H21N3O4S. The Balaban J connectivity index is 1.69. The molecule has 0 saturated heterocycles. The zero-order valence-electron chi connectivity index (χ0n) is 16.7. The average Bonchev–Trinajstić information content (AvgIpc) is 3.10. The van der Waals surface area contributed by atoms with Gasteiger partial charge in [-0.2, -0.15) is 0 Å². The first-order chi connectivity index (χ1) is 14.9. The summed E-state index contributed by atoms with van der Waals surface area (Å²) >= 11 is 0. The van der Waals surface area contributed by atoms with Crippen LogP contribution in [0.3, 0.4) is 0 Å². The predicted molar refractivity (Wildman–Crippen MR) is 121 cm³/mol. The molecule has 1 aromatic heterocycles. The second-order valence-electron chi connectivity index (χ2n) is 6.98.